The Kier molecular flexibility index (Phi) is 4.69. The highest BCUT2D eigenvalue weighted by molar-refractivity contribution is 6.17. The zero-order chi connectivity index (χ0) is 12.1. The van der Waals surface area contributed by atoms with Crippen LogP contribution >= 0.6 is 11.6 Å². The smallest absolute Gasteiger partial charge is 0.146 e. The van der Waals surface area contributed by atoms with Crippen molar-refractivity contribution in [1.29, 1.82) is 5.26 Å². The highest BCUT2D eigenvalue weighted by atomic mass is 35.5. The minimum Gasteiger partial charge on any atom is -0.390 e. The van der Waals surface area contributed by atoms with Gasteiger partial charge in [-0.2, -0.15) is 5.26 Å². The Morgan fingerprint density at radius 1 is 1.44 bits per heavy atom. The van der Waals surface area contributed by atoms with Crippen molar-refractivity contribution in [2.45, 2.75) is 18.6 Å². The van der Waals surface area contributed by atoms with E-state index < -0.39 is 18.0 Å². The van der Waals surface area contributed by atoms with Crippen LogP contribution in [0.1, 0.15) is 23.7 Å². The molecule has 2 unspecified atom stereocenters. The first-order valence-corrected chi connectivity index (χ1v) is 5.26. The maximum absolute atomic E-state index is 13.6. The highest BCUT2D eigenvalue weighted by Crippen LogP contribution is 2.23. The van der Waals surface area contributed by atoms with Crippen LogP contribution in [-0.2, 0) is 0 Å². The molecular weight excluding hydrogens is 233 g/mol. The van der Waals surface area contributed by atoms with Crippen molar-refractivity contribution in [2.24, 2.45) is 0 Å². The monoisotopic (exact) mass is 243 g/mol. The third-order valence-corrected chi connectivity index (χ3v) is 2.46. The van der Waals surface area contributed by atoms with Crippen LogP contribution in [0.4, 0.5) is 4.39 Å². The Bertz CT molecular complexity index is 405. The fourth-order valence-corrected chi connectivity index (χ4v) is 1.57. The molecule has 0 aliphatic carbocycles. The van der Waals surface area contributed by atoms with Crippen molar-refractivity contribution in [2.75, 3.05) is 5.88 Å². The summed E-state index contributed by atoms with van der Waals surface area (Å²) < 4.78 is 13.6. The molecule has 0 aromatic heterocycles. The summed E-state index contributed by atoms with van der Waals surface area (Å²) in [7, 11) is 0. The van der Waals surface area contributed by atoms with Gasteiger partial charge in [0.25, 0.3) is 0 Å². The molecule has 3 nitrogen and oxygen atoms in total. The van der Waals surface area contributed by atoms with E-state index in [1.54, 1.807) is 6.07 Å². The number of halogens is 2. The molecule has 1 rings (SSSR count). The van der Waals surface area contributed by atoms with E-state index >= 15 is 0 Å². The van der Waals surface area contributed by atoms with Crippen LogP contribution < -0.4 is 0 Å². The summed E-state index contributed by atoms with van der Waals surface area (Å²) in [4.78, 5) is 0. The molecule has 86 valence electrons. The van der Waals surface area contributed by atoms with Gasteiger partial charge in [0, 0.05) is 11.4 Å². The number of nitriles is 1. The van der Waals surface area contributed by atoms with E-state index in [0.717, 1.165) is 0 Å². The maximum Gasteiger partial charge on any atom is 0.146 e. The minimum absolute atomic E-state index is 0.0864. The molecule has 0 bridgehead atoms. The van der Waals surface area contributed by atoms with Crippen molar-refractivity contribution in [1.82, 2.24) is 0 Å². The van der Waals surface area contributed by atoms with Crippen molar-refractivity contribution in [3.63, 3.8) is 0 Å². The lowest BCUT2D eigenvalue weighted by atomic mass is 10.00. The molecule has 16 heavy (non-hydrogen) atoms. The Labute approximate surface area is 97.7 Å². The molecule has 0 saturated heterocycles. The largest absolute Gasteiger partial charge is 0.390 e. The summed E-state index contributed by atoms with van der Waals surface area (Å²) in [5.74, 6) is -0.635. The van der Waals surface area contributed by atoms with Gasteiger partial charge in [-0.05, 0) is 12.5 Å². The first-order valence-electron chi connectivity index (χ1n) is 4.72. The summed E-state index contributed by atoms with van der Waals surface area (Å²) in [5.41, 5.74) is -0.244. The molecule has 1 aromatic carbocycles. The quantitative estimate of drug-likeness (QED) is 0.792. The van der Waals surface area contributed by atoms with Gasteiger partial charge in [-0.1, -0.05) is 12.1 Å². The second kappa shape index (κ2) is 5.80. The molecule has 2 atom stereocenters. The molecule has 0 spiro atoms. The third-order valence-electron chi connectivity index (χ3n) is 2.24. The predicted molar refractivity (Wildman–Crippen MR) is 57.4 cm³/mol. The standard InChI is InChI=1S/C11H11ClFNO2/c12-5-4-9(15)11(16)8-3-1-2-7(6-14)10(8)13/h1-3,9,11,15-16H,4-5H2. The lowest BCUT2D eigenvalue weighted by Gasteiger charge is -2.17. The summed E-state index contributed by atoms with van der Waals surface area (Å²) in [6.45, 7) is 0. The van der Waals surface area contributed by atoms with Crippen LogP contribution in [0.5, 0.6) is 0 Å². The van der Waals surface area contributed by atoms with E-state index in [-0.39, 0.29) is 23.4 Å². The van der Waals surface area contributed by atoms with Crippen molar-refractivity contribution in [3.8, 4) is 6.07 Å². The zero-order valence-corrected chi connectivity index (χ0v) is 9.15. The fourth-order valence-electron chi connectivity index (χ4n) is 1.34. The SMILES string of the molecule is N#Cc1cccc(C(O)C(O)CCCl)c1F. The molecule has 0 fully saturated rings. The zero-order valence-electron chi connectivity index (χ0n) is 8.40. The summed E-state index contributed by atoms with van der Waals surface area (Å²) in [6.07, 6.45) is -2.35. The van der Waals surface area contributed by atoms with Crippen LogP contribution in [0.15, 0.2) is 18.2 Å². The predicted octanol–water partition coefficient (Wildman–Crippen LogP) is 1.72. The molecular formula is C11H11ClFNO2. The van der Waals surface area contributed by atoms with Crippen LogP contribution in [0.2, 0.25) is 0 Å². The highest BCUT2D eigenvalue weighted by Gasteiger charge is 2.22. The summed E-state index contributed by atoms with van der Waals surface area (Å²) in [6, 6.07) is 5.76. The van der Waals surface area contributed by atoms with Gasteiger partial charge in [0.2, 0.25) is 0 Å². The van der Waals surface area contributed by atoms with Crippen LogP contribution in [0, 0.1) is 17.1 Å². The topological polar surface area (TPSA) is 64.2 Å². The molecule has 0 radical (unpaired) electrons. The van der Waals surface area contributed by atoms with Gasteiger partial charge in [-0.15, -0.1) is 11.6 Å². The fraction of sp³-hybridized carbons (Fsp3) is 0.364. The van der Waals surface area contributed by atoms with Gasteiger partial charge in [0.1, 0.15) is 18.0 Å². The molecule has 0 saturated carbocycles. The third kappa shape index (κ3) is 2.70. The molecule has 0 aliphatic heterocycles. The van der Waals surface area contributed by atoms with Gasteiger partial charge >= 0.3 is 0 Å². The molecule has 1 aromatic rings. The van der Waals surface area contributed by atoms with Gasteiger partial charge in [0.15, 0.2) is 0 Å². The number of aliphatic hydroxyl groups is 2. The number of benzene rings is 1. The minimum atomic E-state index is -1.37. The lowest BCUT2D eigenvalue weighted by Crippen LogP contribution is -2.20. The average Bonchev–Trinajstić information content (AvgIpc) is 2.29. The van der Waals surface area contributed by atoms with Gasteiger partial charge in [-0.25, -0.2) is 4.39 Å². The van der Waals surface area contributed by atoms with E-state index in [1.807, 2.05) is 0 Å². The first kappa shape index (κ1) is 12.9. The Morgan fingerprint density at radius 3 is 2.69 bits per heavy atom. The molecule has 0 amide bonds. The van der Waals surface area contributed by atoms with E-state index in [9.17, 15) is 14.6 Å². The average molecular weight is 244 g/mol. The van der Waals surface area contributed by atoms with Crippen LogP contribution in [0.3, 0.4) is 0 Å². The lowest BCUT2D eigenvalue weighted by molar-refractivity contribution is 0.0149. The molecule has 0 heterocycles. The Balaban J connectivity index is 3.00. The van der Waals surface area contributed by atoms with Gasteiger partial charge < -0.3 is 10.2 Å². The number of hydrogen-bond donors (Lipinski definition) is 2. The van der Waals surface area contributed by atoms with Crippen LogP contribution in [-0.4, -0.2) is 22.2 Å². The molecule has 0 aliphatic rings. The van der Waals surface area contributed by atoms with E-state index in [4.69, 9.17) is 16.9 Å². The second-order valence-electron chi connectivity index (χ2n) is 3.31. The van der Waals surface area contributed by atoms with Crippen LogP contribution in [0.25, 0.3) is 0 Å². The van der Waals surface area contributed by atoms with Crippen molar-refractivity contribution < 1.29 is 14.6 Å². The maximum atomic E-state index is 13.6. The second-order valence-corrected chi connectivity index (χ2v) is 3.69. The van der Waals surface area contributed by atoms with E-state index in [2.05, 4.69) is 0 Å². The van der Waals surface area contributed by atoms with Crippen molar-refractivity contribution >= 4 is 11.6 Å². The van der Waals surface area contributed by atoms with E-state index in [1.165, 1.54) is 18.2 Å². The Hall–Kier alpha value is -1.15. The number of hydrogen-bond acceptors (Lipinski definition) is 3. The number of aliphatic hydroxyl groups excluding tert-OH is 2. The van der Waals surface area contributed by atoms with E-state index in [0.29, 0.717) is 0 Å². The summed E-state index contributed by atoms with van der Waals surface area (Å²) in [5, 5.41) is 27.7. The number of alkyl halides is 1. The van der Waals surface area contributed by atoms with Gasteiger partial charge in [-0.3, -0.25) is 0 Å². The summed E-state index contributed by atoms with van der Waals surface area (Å²) >= 11 is 5.41. The Morgan fingerprint density at radius 2 is 2.12 bits per heavy atom. The first-order chi connectivity index (χ1) is 7.61. The normalized spacial score (nSPS) is 14.2. The van der Waals surface area contributed by atoms with Crippen molar-refractivity contribution in [3.05, 3.63) is 35.1 Å². The number of rotatable bonds is 4. The van der Waals surface area contributed by atoms with Gasteiger partial charge in [0.05, 0.1) is 11.7 Å². The molecule has 2 N–H and O–H groups in total. The molecule has 5 heteroatoms. The number of nitrogens with zero attached hydrogens (tertiary/aromatic N) is 1.